The molecule has 0 spiro atoms. The second-order valence-corrected chi connectivity index (χ2v) is 3.86. The quantitative estimate of drug-likeness (QED) is 0.358. The maximum absolute atomic E-state index is 3.60. The maximum Gasteiger partial charge on any atom is -0.0313 e. The Kier molecular flexibility index (Phi) is 13.6. The second kappa shape index (κ2) is 14.7. The largest absolute Gasteiger partial charge is 0.0845 e. The maximum atomic E-state index is 3.60. The third-order valence-electron chi connectivity index (χ3n) is 2.27. The van der Waals surface area contributed by atoms with Crippen molar-refractivity contribution in [1.82, 2.24) is 0 Å². The molecule has 0 aromatic carbocycles. The Morgan fingerprint density at radius 2 is 1.29 bits per heavy atom. The number of allylic oxidation sites excluding steroid dienone is 10. The van der Waals surface area contributed by atoms with Crippen LogP contribution in [0, 0.1) is 6.92 Å². The summed E-state index contributed by atoms with van der Waals surface area (Å²) < 4.78 is 0. The van der Waals surface area contributed by atoms with Gasteiger partial charge >= 0.3 is 0 Å². The standard InChI is InChI=1S/C17H25/c1-3-5-7-9-11-13-15-17-16-14-12-10-8-6-4-2/h3,5,7,9,11,13-17H,1,4,6,8,10,12H2,2H3/b5-3+,9-7+,13-11+,16-14+,17-15+. The minimum absolute atomic E-state index is 1.20. The molecule has 0 atom stereocenters. The lowest BCUT2D eigenvalue weighted by molar-refractivity contribution is 0.674. The molecule has 0 aromatic heterocycles. The monoisotopic (exact) mass is 229 g/mol. The van der Waals surface area contributed by atoms with E-state index in [2.05, 4.69) is 32.1 Å². The highest BCUT2D eigenvalue weighted by atomic mass is 13.9. The summed E-state index contributed by atoms with van der Waals surface area (Å²) in [6.07, 6.45) is 26.7. The van der Waals surface area contributed by atoms with E-state index >= 15 is 0 Å². The number of rotatable bonds is 9. The Hall–Kier alpha value is -1.30. The van der Waals surface area contributed by atoms with Crippen LogP contribution in [0.4, 0.5) is 0 Å². The van der Waals surface area contributed by atoms with Crippen LogP contribution < -0.4 is 0 Å². The van der Waals surface area contributed by atoms with Crippen LogP contribution in [0.15, 0.2) is 60.8 Å². The average molecular weight is 229 g/mol. The van der Waals surface area contributed by atoms with Crippen LogP contribution >= 0.6 is 0 Å². The first-order valence-corrected chi connectivity index (χ1v) is 6.52. The number of unbranched alkanes of at least 4 members (excludes halogenated alkanes) is 4. The topological polar surface area (TPSA) is 0 Å². The Balaban J connectivity index is 3.49. The number of hydrogen-bond donors (Lipinski definition) is 0. The van der Waals surface area contributed by atoms with Gasteiger partial charge in [-0.1, -0.05) is 86.9 Å². The molecular formula is C17H25. The summed E-state index contributed by atoms with van der Waals surface area (Å²) in [6, 6.07) is 0. The molecule has 17 heavy (non-hydrogen) atoms. The summed E-state index contributed by atoms with van der Waals surface area (Å²) in [5, 5.41) is 0. The van der Waals surface area contributed by atoms with Crippen molar-refractivity contribution >= 4 is 0 Å². The molecule has 93 valence electrons. The molecule has 0 fully saturated rings. The first-order chi connectivity index (χ1) is 8.41. The van der Waals surface area contributed by atoms with Crippen LogP contribution in [0.5, 0.6) is 0 Å². The van der Waals surface area contributed by atoms with Gasteiger partial charge in [-0.15, -0.1) is 0 Å². The smallest absolute Gasteiger partial charge is 0.0313 e. The zero-order valence-corrected chi connectivity index (χ0v) is 11.0. The Morgan fingerprint density at radius 1 is 0.706 bits per heavy atom. The molecule has 0 aliphatic rings. The molecule has 0 heterocycles. The SMILES string of the molecule is [CH2]/C=C/C=C/C=C/C=C/C=C/CCCCCC. The fourth-order valence-electron chi connectivity index (χ4n) is 1.33. The van der Waals surface area contributed by atoms with E-state index < -0.39 is 0 Å². The predicted octanol–water partition coefficient (Wildman–Crippen LogP) is 5.57. The van der Waals surface area contributed by atoms with Crippen molar-refractivity contribution in [3.05, 3.63) is 67.7 Å². The zero-order chi connectivity index (χ0) is 12.6. The molecule has 0 aliphatic carbocycles. The van der Waals surface area contributed by atoms with Crippen LogP contribution in [0.2, 0.25) is 0 Å². The molecule has 0 nitrogen and oxygen atoms in total. The fourth-order valence-corrected chi connectivity index (χ4v) is 1.33. The summed E-state index contributed by atoms with van der Waals surface area (Å²) in [7, 11) is 0. The van der Waals surface area contributed by atoms with E-state index in [1.165, 1.54) is 32.1 Å². The van der Waals surface area contributed by atoms with Gasteiger partial charge < -0.3 is 0 Å². The van der Waals surface area contributed by atoms with Crippen molar-refractivity contribution in [2.45, 2.75) is 39.0 Å². The van der Waals surface area contributed by atoms with E-state index in [1.54, 1.807) is 6.08 Å². The minimum Gasteiger partial charge on any atom is -0.0845 e. The van der Waals surface area contributed by atoms with Gasteiger partial charge in [0.2, 0.25) is 0 Å². The summed E-state index contributed by atoms with van der Waals surface area (Å²) in [4.78, 5) is 0. The molecule has 1 radical (unpaired) electrons. The zero-order valence-electron chi connectivity index (χ0n) is 11.0. The first kappa shape index (κ1) is 15.7. The number of hydrogen-bond acceptors (Lipinski definition) is 0. The van der Waals surface area contributed by atoms with Crippen molar-refractivity contribution in [2.75, 3.05) is 0 Å². The Labute approximate surface area is 107 Å². The predicted molar refractivity (Wildman–Crippen MR) is 79.8 cm³/mol. The van der Waals surface area contributed by atoms with Gasteiger partial charge in [0.25, 0.3) is 0 Å². The molecule has 0 bridgehead atoms. The first-order valence-electron chi connectivity index (χ1n) is 6.52. The summed E-state index contributed by atoms with van der Waals surface area (Å²) >= 11 is 0. The molecule has 0 saturated heterocycles. The fraction of sp³-hybridized carbons (Fsp3) is 0.353. The Morgan fingerprint density at radius 3 is 1.88 bits per heavy atom. The van der Waals surface area contributed by atoms with Gasteiger partial charge in [-0.25, -0.2) is 0 Å². The molecule has 0 aromatic rings. The highest BCUT2D eigenvalue weighted by Gasteiger charge is 1.82. The van der Waals surface area contributed by atoms with Crippen molar-refractivity contribution in [2.24, 2.45) is 0 Å². The van der Waals surface area contributed by atoms with Crippen LogP contribution in [0.3, 0.4) is 0 Å². The van der Waals surface area contributed by atoms with Gasteiger partial charge in [0.1, 0.15) is 0 Å². The summed E-state index contributed by atoms with van der Waals surface area (Å²) in [6.45, 7) is 5.84. The van der Waals surface area contributed by atoms with Crippen LogP contribution in [-0.4, -0.2) is 0 Å². The van der Waals surface area contributed by atoms with Gasteiger partial charge in [0, 0.05) is 0 Å². The molecule has 0 rings (SSSR count). The van der Waals surface area contributed by atoms with Crippen molar-refractivity contribution in [3.63, 3.8) is 0 Å². The molecule has 0 aliphatic heterocycles. The van der Waals surface area contributed by atoms with Crippen molar-refractivity contribution in [1.29, 1.82) is 0 Å². The third-order valence-corrected chi connectivity index (χ3v) is 2.27. The van der Waals surface area contributed by atoms with Crippen LogP contribution in [-0.2, 0) is 0 Å². The van der Waals surface area contributed by atoms with E-state index in [4.69, 9.17) is 0 Å². The van der Waals surface area contributed by atoms with Crippen molar-refractivity contribution in [3.8, 4) is 0 Å². The average Bonchev–Trinajstić information content (AvgIpc) is 2.35. The Bertz CT molecular complexity index is 274. The van der Waals surface area contributed by atoms with E-state index in [0.29, 0.717) is 0 Å². The highest BCUT2D eigenvalue weighted by Crippen LogP contribution is 2.02. The van der Waals surface area contributed by atoms with Crippen LogP contribution in [0.1, 0.15) is 39.0 Å². The van der Waals surface area contributed by atoms with Crippen molar-refractivity contribution < 1.29 is 0 Å². The summed E-state index contributed by atoms with van der Waals surface area (Å²) in [5.74, 6) is 0. The third kappa shape index (κ3) is 14.7. The molecular weight excluding hydrogens is 204 g/mol. The van der Waals surface area contributed by atoms with Gasteiger partial charge in [-0.05, 0) is 19.8 Å². The van der Waals surface area contributed by atoms with Gasteiger partial charge in [0.15, 0.2) is 0 Å². The van der Waals surface area contributed by atoms with Gasteiger partial charge in [-0.3, -0.25) is 0 Å². The lowest BCUT2D eigenvalue weighted by Gasteiger charge is -1.92. The summed E-state index contributed by atoms with van der Waals surface area (Å²) in [5.41, 5.74) is 0. The van der Waals surface area contributed by atoms with E-state index in [9.17, 15) is 0 Å². The molecule has 0 amide bonds. The normalized spacial score (nSPS) is 13.3. The molecule has 0 saturated carbocycles. The van der Waals surface area contributed by atoms with E-state index in [0.717, 1.165) is 0 Å². The lowest BCUT2D eigenvalue weighted by Crippen LogP contribution is -1.72. The van der Waals surface area contributed by atoms with E-state index in [1.807, 2.05) is 36.5 Å². The van der Waals surface area contributed by atoms with E-state index in [-0.39, 0.29) is 0 Å². The lowest BCUT2D eigenvalue weighted by atomic mass is 10.1. The highest BCUT2D eigenvalue weighted by molar-refractivity contribution is 5.17. The second-order valence-electron chi connectivity index (χ2n) is 3.86. The van der Waals surface area contributed by atoms with Gasteiger partial charge in [0.05, 0.1) is 0 Å². The van der Waals surface area contributed by atoms with Crippen LogP contribution in [0.25, 0.3) is 0 Å². The molecule has 0 heteroatoms. The minimum atomic E-state index is 1.20. The molecule has 0 N–H and O–H groups in total. The van der Waals surface area contributed by atoms with Gasteiger partial charge in [-0.2, -0.15) is 0 Å². The molecule has 0 unspecified atom stereocenters.